The van der Waals surface area contributed by atoms with Crippen LogP contribution in [0.4, 0.5) is 0 Å². The molecule has 1 amide bonds. The molecule has 0 aliphatic carbocycles. The number of rotatable bonds is 4. The van der Waals surface area contributed by atoms with Gasteiger partial charge in [0.1, 0.15) is 0 Å². The Hall–Kier alpha value is -0.660. The lowest BCUT2D eigenvalue weighted by molar-refractivity contribution is -0.123. The van der Waals surface area contributed by atoms with Crippen molar-refractivity contribution in [2.24, 2.45) is 0 Å². The molecule has 2 N–H and O–H groups in total. The van der Waals surface area contributed by atoms with Gasteiger partial charge in [0.15, 0.2) is 0 Å². The van der Waals surface area contributed by atoms with E-state index in [1.54, 1.807) is 6.92 Å². The van der Waals surface area contributed by atoms with Gasteiger partial charge in [0.25, 0.3) is 10.2 Å². The van der Waals surface area contributed by atoms with E-state index in [0.717, 1.165) is 19.3 Å². The first-order chi connectivity index (χ1) is 8.62. The van der Waals surface area contributed by atoms with Crippen LogP contribution in [-0.2, 0) is 15.0 Å². The molecular weight excluding hydrogens is 266 g/mol. The predicted octanol–water partition coefficient (Wildman–Crippen LogP) is 0.610. The zero-order valence-electron chi connectivity index (χ0n) is 12.2. The summed E-state index contributed by atoms with van der Waals surface area (Å²) in [5.41, 5.74) is -0.373. The molecule has 1 heterocycles. The van der Waals surface area contributed by atoms with Gasteiger partial charge in [0, 0.05) is 18.6 Å². The van der Waals surface area contributed by atoms with Gasteiger partial charge in [0.2, 0.25) is 5.91 Å². The summed E-state index contributed by atoms with van der Waals surface area (Å²) in [4.78, 5) is 11.9. The lowest BCUT2D eigenvalue weighted by atomic mass is 10.1. The number of nitrogens with one attached hydrogen (secondary N) is 2. The van der Waals surface area contributed by atoms with E-state index in [1.165, 1.54) is 4.31 Å². The van der Waals surface area contributed by atoms with Crippen LogP contribution in [0.2, 0.25) is 0 Å². The quantitative estimate of drug-likeness (QED) is 0.796. The molecular formula is C12H25N3O3S. The Kier molecular flexibility index (Phi) is 5.34. The Labute approximate surface area is 116 Å². The van der Waals surface area contributed by atoms with Crippen molar-refractivity contribution >= 4 is 16.1 Å². The van der Waals surface area contributed by atoms with Crippen LogP contribution in [0.1, 0.15) is 47.0 Å². The first-order valence-corrected chi connectivity index (χ1v) is 8.15. The average Bonchev–Trinajstić information content (AvgIpc) is 2.27. The Morgan fingerprint density at radius 1 is 1.16 bits per heavy atom. The van der Waals surface area contributed by atoms with Crippen molar-refractivity contribution in [2.75, 3.05) is 13.1 Å². The number of hydrogen-bond donors (Lipinski definition) is 2. The smallest absolute Gasteiger partial charge is 0.280 e. The van der Waals surface area contributed by atoms with Gasteiger partial charge in [-0.05, 0) is 40.5 Å². The van der Waals surface area contributed by atoms with Crippen molar-refractivity contribution in [2.45, 2.75) is 58.5 Å². The minimum atomic E-state index is -3.56. The van der Waals surface area contributed by atoms with Crippen molar-refractivity contribution in [1.29, 1.82) is 0 Å². The summed E-state index contributed by atoms with van der Waals surface area (Å²) in [6.45, 7) is 8.19. The zero-order valence-corrected chi connectivity index (χ0v) is 13.0. The largest absolute Gasteiger partial charge is 0.350 e. The maximum Gasteiger partial charge on any atom is 0.280 e. The highest BCUT2D eigenvalue weighted by Gasteiger charge is 2.28. The molecule has 0 bridgehead atoms. The highest BCUT2D eigenvalue weighted by molar-refractivity contribution is 7.87. The molecule has 1 saturated heterocycles. The maximum absolute atomic E-state index is 12.1. The second-order valence-corrected chi connectivity index (χ2v) is 7.75. The Morgan fingerprint density at radius 2 is 1.68 bits per heavy atom. The van der Waals surface area contributed by atoms with E-state index in [0.29, 0.717) is 13.1 Å². The predicted molar refractivity (Wildman–Crippen MR) is 74.8 cm³/mol. The number of amides is 1. The molecule has 1 unspecified atom stereocenters. The Bertz CT molecular complexity index is 408. The fraction of sp³-hybridized carbons (Fsp3) is 0.917. The summed E-state index contributed by atoms with van der Waals surface area (Å²) in [7, 11) is -3.56. The molecule has 1 fully saturated rings. The number of carbonyl (C=O) groups excluding carboxylic acids is 1. The molecule has 1 rings (SSSR count). The Balaban J connectivity index is 2.59. The molecule has 6 nitrogen and oxygen atoms in total. The van der Waals surface area contributed by atoms with Crippen molar-refractivity contribution in [3.05, 3.63) is 0 Å². The molecule has 0 aromatic carbocycles. The third-order valence-corrected chi connectivity index (χ3v) is 4.57. The van der Waals surface area contributed by atoms with E-state index in [2.05, 4.69) is 10.0 Å². The normalized spacial score (nSPS) is 20.0. The first kappa shape index (κ1) is 16.4. The molecule has 0 aromatic rings. The number of carbonyl (C=O) groups is 1. The third kappa shape index (κ3) is 5.46. The van der Waals surface area contributed by atoms with E-state index < -0.39 is 16.3 Å². The molecule has 1 aliphatic rings. The molecule has 0 spiro atoms. The molecule has 0 saturated carbocycles. The van der Waals surface area contributed by atoms with Gasteiger partial charge in [0.05, 0.1) is 6.04 Å². The van der Waals surface area contributed by atoms with E-state index in [1.807, 2.05) is 20.8 Å². The number of piperidine rings is 1. The van der Waals surface area contributed by atoms with Crippen molar-refractivity contribution in [1.82, 2.24) is 14.3 Å². The summed E-state index contributed by atoms with van der Waals surface area (Å²) < 4.78 is 28.1. The van der Waals surface area contributed by atoms with Crippen LogP contribution in [-0.4, -0.2) is 43.3 Å². The van der Waals surface area contributed by atoms with Crippen LogP contribution in [0.15, 0.2) is 0 Å². The standard InChI is InChI=1S/C12H25N3O3S/c1-10(11(16)13-12(2,3)4)14-19(17,18)15-8-6-5-7-9-15/h10,14H,5-9H2,1-4H3,(H,13,16). The van der Waals surface area contributed by atoms with Crippen molar-refractivity contribution < 1.29 is 13.2 Å². The summed E-state index contributed by atoms with van der Waals surface area (Å²) in [6, 6.07) is -0.772. The minimum absolute atomic E-state index is 0.312. The van der Waals surface area contributed by atoms with Gasteiger partial charge in [-0.3, -0.25) is 4.79 Å². The van der Waals surface area contributed by atoms with Gasteiger partial charge in [-0.25, -0.2) is 0 Å². The molecule has 1 aliphatic heterocycles. The summed E-state index contributed by atoms with van der Waals surface area (Å²) in [6.07, 6.45) is 2.82. The molecule has 0 aromatic heterocycles. The van der Waals surface area contributed by atoms with Crippen LogP contribution in [0.5, 0.6) is 0 Å². The van der Waals surface area contributed by atoms with E-state index in [9.17, 15) is 13.2 Å². The zero-order chi connectivity index (χ0) is 14.7. The lowest BCUT2D eigenvalue weighted by Gasteiger charge is -2.28. The fourth-order valence-electron chi connectivity index (χ4n) is 1.93. The van der Waals surface area contributed by atoms with Crippen LogP contribution in [0.25, 0.3) is 0 Å². The van der Waals surface area contributed by atoms with Crippen LogP contribution >= 0.6 is 0 Å². The van der Waals surface area contributed by atoms with Crippen LogP contribution in [0, 0.1) is 0 Å². The SMILES string of the molecule is CC(NS(=O)(=O)N1CCCCC1)C(=O)NC(C)(C)C. The van der Waals surface area contributed by atoms with Gasteiger partial charge in [-0.1, -0.05) is 6.42 Å². The minimum Gasteiger partial charge on any atom is -0.350 e. The molecule has 7 heteroatoms. The van der Waals surface area contributed by atoms with Crippen molar-refractivity contribution in [3.63, 3.8) is 0 Å². The van der Waals surface area contributed by atoms with E-state index >= 15 is 0 Å². The van der Waals surface area contributed by atoms with Gasteiger partial charge >= 0.3 is 0 Å². The average molecular weight is 291 g/mol. The lowest BCUT2D eigenvalue weighted by Crippen LogP contribution is -2.54. The van der Waals surface area contributed by atoms with Gasteiger partial charge in [-0.2, -0.15) is 17.4 Å². The van der Waals surface area contributed by atoms with E-state index in [4.69, 9.17) is 0 Å². The van der Waals surface area contributed by atoms with Gasteiger partial charge < -0.3 is 5.32 Å². The van der Waals surface area contributed by atoms with E-state index in [-0.39, 0.29) is 11.4 Å². The molecule has 112 valence electrons. The summed E-state index contributed by atoms with van der Waals surface area (Å²) >= 11 is 0. The van der Waals surface area contributed by atoms with Crippen molar-refractivity contribution in [3.8, 4) is 0 Å². The number of hydrogen-bond acceptors (Lipinski definition) is 3. The van der Waals surface area contributed by atoms with Crippen LogP contribution < -0.4 is 10.0 Å². The molecule has 1 atom stereocenters. The topological polar surface area (TPSA) is 78.5 Å². The molecule has 19 heavy (non-hydrogen) atoms. The monoisotopic (exact) mass is 291 g/mol. The number of nitrogens with zero attached hydrogens (tertiary/aromatic N) is 1. The van der Waals surface area contributed by atoms with Crippen LogP contribution in [0.3, 0.4) is 0 Å². The molecule has 0 radical (unpaired) electrons. The summed E-state index contributed by atoms with van der Waals surface area (Å²) in [5, 5.41) is 2.76. The third-order valence-electron chi connectivity index (χ3n) is 2.87. The Morgan fingerprint density at radius 3 is 2.16 bits per heavy atom. The maximum atomic E-state index is 12.1. The second-order valence-electron chi connectivity index (χ2n) is 6.04. The highest BCUT2D eigenvalue weighted by atomic mass is 32.2. The first-order valence-electron chi connectivity index (χ1n) is 6.71. The fourth-order valence-corrected chi connectivity index (χ4v) is 3.38. The summed E-state index contributed by atoms with van der Waals surface area (Å²) in [5.74, 6) is -0.312. The van der Waals surface area contributed by atoms with Gasteiger partial charge in [-0.15, -0.1) is 0 Å². The second kappa shape index (κ2) is 6.19. The highest BCUT2D eigenvalue weighted by Crippen LogP contribution is 2.12.